The van der Waals surface area contributed by atoms with E-state index in [1.54, 1.807) is 0 Å². The van der Waals surface area contributed by atoms with Crippen LogP contribution in [0.15, 0.2) is 11.5 Å². The molecule has 5 nitrogen and oxygen atoms in total. The van der Waals surface area contributed by atoms with E-state index in [2.05, 4.69) is 9.47 Å². The van der Waals surface area contributed by atoms with E-state index in [-0.39, 0.29) is 32.8 Å². The van der Waals surface area contributed by atoms with Gasteiger partial charge in [-0.3, -0.25) is 0 Å². The lowest BCUT2D eigenvalue weighted by Gasteiger charge is -2.24. The Labute approximate surface area is 140 Å². The SMILES string of the molecule is OCCCCCOC1=C(OCCOCCO)C(F)(F)C(F)(F)C1(F)F. The van der Waals surface area contributed by atoms with Crippen LogP contribution in [0.3, 0.4) is 0 Å². The summed E-state index contributed by atoms with van der Waals surface area (Å²) in [6.45, 7) is -2.26. The van der Waals surface area contributed by atoms with Gasteiger partial charge in [0.25, 0.3) is 0 Å². The molecular weight excluding hydrogens is 362 g/mol. The van der Waals surface area contributed by atoms with Crippen LogP contribution in [0, 0.1) is 0 Å². The standard InChI is InChI=1S/C14H20F6O5/c15-12(16)10(24-6-3-1-2-4-21)11(13(17,18)14(12,19)20)25-9-8-23-7-5-22/h21-22H,1-9H2. The van der Waals surface area contributed by atoms with Crippen molar-refractivity contribution in [3.8, 4) is 0 Å². The van der Waals surface area contributed by atoms with Gasteiger partial charge < -0.3 is 24.4 Å². The molecule has 148 valence electrons. The van der Waals surface area contributed by atoms with E-state index in [4.69, 9.17) is 14.9 Å². The lowest BCUT2D eigenvalue weighted by molar-refractivity contribution is -0.277. The molecule has 0 amide bonds. The highest BCUT2D eigenvalue weighted by molar-refractivity contribution is 5.34. The summed E-state index contributed by atoms with van der Waals surface area (Å²) in [6.07, 6.45) is 0.772. The first-order valence-corrected chi connectivity index (χ1v) is 7.58. The molecule has 11 heteroatoms. The highest BCUT2D eigenvalue weighted by Crippen LogP contribution is 2.59. The smallest absolute Gasteiger partial charge is 0.387 e. The summed E-state index contributed by atoms with van der Waals surface area (Å²) in [4.78, 5) is 0. The third-order valence-corrected chi connectivity index (χ3v) is 3.32. The lowest BCUT2D eigenvalue weighted by Crippen LogP contribution is -2.49. The Morgan fingerprint density at radius 1 is 0.640 bits per heavy atom. The van der Waals surface area contributed by atoms with Gasteiger partial charge in [-0.25, -0.2) is 0 Å². The number of rotatable bonds is 12. The van der Waals surface area contributed by atoms with Crippen LogP contribution >= 0.6 is 0 Å². The predicted molar refractivity (Wildman–Crippen MR) is 72.6 cm³/mol. The molecule has 0 unspecified atom stereocenters. The Kier molecular flexibility index (Phi) is 7.82. The van der Waals surface area contributed by atoms with E-state index in [1.807, 2.05) is 0 Å². The molecule has 0 aromatic rings. The van der Waals surface area contributed by atoms with Crippen molar-refractivity contribution in [2.24, 2.45) is 0 Å². The van der Waals surface area contributed by atoms with Crippen molar-refractivity contribution in [2.45, 2.75) is 37.0 Å². The first kappa shape index (κ1) is 21.8. The van der Waals surface area contributed by atoms with Gasteiger partial charge in [0.05, 0.1) is 26.4 Å². The Morgan fingerprint density at radius 2 is 1.20 bits per heavy atom. The molecule has 1 aliphatic carbocycles. The van der Waals surface area contributed by atoms with Crippen LogP contribution in [-0.2, 0) is 14.2 Å². The van der Waals surface area contributed by atoms with Crippen LogP contribution in [0.2, 0.25) is 0 Å². The van der Waals surface area contributed by atoms with Gasteiger partial charge in [0.15, 0.2) is 0 Å². The van der Waals surface area contributed by atoms with Gasteiger partial charge >= 0.3 is 17.8 Å². The number of allylic oxidation sites excluding steroid dienone is 2. The number of hydrogen-bond donors (Lipinski definition) is 2. The second kappa shape index (κ2) is 8.95. The van der Waals surface area contributed by atoms with Gasteiger partial charge in [0, 0.05) is 6.61 Å². The van der Waals surface area contributed by atoms with Crippen molar-refractivity contribution >= 4 is 0 Å². The third-order valence-electron chi connectivity index (χ3n) is 3.32. The second-order valence-electron chi connectivity index (χ2n) is 5.20. The van der Waals surface area contributed by atoms with Crippen molar-refractivity contribution in [3.05, 3.63) is 11.5 Å². The molecule has 0 aliphatic heterocycles. The zero-order valence-corrected chi connectivity index (χ0v) is 13.3. The number of aliphatic hydroxyl groups is 2. The van der Waals surface area contributed by atoms with Crippen molar-refractivity contribution in [1.82, 2.24) is 0 Å². The van der Waals surface area contributed by atoms with Crippen LogP contribution < -0.4 is 0 Å². The number of aliphatic hydroxyl groups excluding tert-OH is 2. The first-order chi connectivity index (χ1) is 11.6. The zero-order valence-electron chi connectivity index (χ0n) is 13.3. The molecule has 0 saturated carbocycles. The van der Waals surface area contributed by atoms with E-state index >= 15 is 0 Å². The Balaban J connectivity index is 2.86. The minimum Gasteiger partial charge on any atom is -0.488 e. The van der Waals surface area contributed by atoms with Crippen LogP contribution in [0.25, 0.3) is 0 Å². The fourth-order valence-corrected chi connectivity index (χ4v) is 2.01. The monoisotopic (exact) mass is 382 g/mol. The van der Waals surface area contributed by atoms with Crippen LogP contribution in [0.4, 0.5) is 26.3 Å². The topological polar surface area (TPSA) is 68.2 Å². The second-order valence-corrected chi connectivity index (χ2v) is 5.20. The first-order valence-electron chi connectivity index (χ1n) is 7.58. The fourth-order valence-electron chi connectivity index (χ4n) is 2.01. The number of halogens is 6. The van der Waals surface area contributed by atoms with Crippen LogP contribution in [0.1, 0.15) is 19.3 Å². The number of alkyl halides is 6. The maximum absolute atomic E-state index is 13.7. The molecule has 2 N–H and O–H groups in total. The maximum Gasteiger partial charge on any atom is 0.387 e. The van der Waals surface area contributed by atoms with Crippen LogP contribution in [0.5, 0.6) is 0 Å². The number of unbranched alkanes of at least 4 members (excludes halogenated alkanes) is 2. The molecule has 0 radical (unpaired) electrons. The quantitative estimate of drug-likeness (QED) is 0.401. The summed E-state index contributed by atoms with van der Waals surface area (Å²) in [7, 11) is 0. The normalized spacial score (nSPS) is 20.8. The molecule has 25 heavy (non-hydrogen) atoms. The van der Waals surface area contributed by atoms with Crippen molar-refractivity contribution in [1.29, 1.82) is 0 Å². The summed E-state index contributed by atoms with van der Waals surface area (Å²) >= 11 is 0. The van der Waals surface area contributed by atoms with Gasteiger partial charge in [-0.1, -0.05) is 0 Å². The Bertz CT molecular complexity index is 417. The molecule has 0 heterocycles. The zero-order chi connectivity index (χ0) is 19.1. The molecule has 1 aliphatic rings. The molecule has 0 bridgehead atoms. The minimum atomic E-state index is -5.69. The van der Waals surface area contributed by atoms with Gasteiger partial charge in [-0.15, -0.1) is 0 Å². The molecule has 0 aromatic heterocycles. The van der Waals surface area contributed by atoms with Gasteiger partial charge in [-0.2, -0.15) is 26.3 Å². The predicted octanol–water partition coefficient (Wildman–Crippen LogP) is 2.32. The van der Waals surface area contributed by atoms with Crippen molar-refractivity contribution < 1.29 is 50.8 Å². The summed E-state index contributed by atoms with van der Waals surface area (Å²) < 4.78 is 95.5. The Hall–Kier alpha value is -1.20. The average molecular weight is 382 g/mol. The summed E-state index contributed by atoms with van der Waals surface area (Å²) in [5, 5.41) is 17.1. The van der Waals surface area contributed by atoms with Crippen LogP contribution in [-0.4, -0.2) is 67.6 Å². The minimum absolute atomic E-state index is 0.101. The molecular formula is C14H20F6O5. The van der Waals surface area contributed by atoms with Crippen molar-refractivity contribution in [3.63, 3.8) is 0 Å². The highest BCUT2D eigenvalue weighted by Gasteiger charge is 2.83. The largest absolute Gasteiger partial charge is 0.488 e. The summed E-state index contributed by atoms with van der Waals surface area (Å²) in [5.74, 6) is -20.0. The van der Waals surface area contributed by atoms with E-state index in [9.17, 15) is 26.3 Å². The summed E-state index contributed by atoms with van der Waals surface area (Å²) in [6, 6.07) is 0. The average Bonchev–Trinajstić information content (AvgIpc) is 2.63. The molecule has 0 fully saturated rings. The third kappa shape index (κ3) is 4.50. The molecule has 0 spiro atoms. The highest BCUT2D eigenvalue weighted by atomic mass is 19.3. The Morgan fingerprint density at radius 3 is 1.72 bits per heavy atom. The van der Waals surface area contributed by atoms with E-state index in [1.165, 1.54) is 0 Å². The fraction of sp³-hybridized carbons (Fsp3) is 0.857. The molecule has 0 aromatic carbocycles. The van der Waals surface area contributed by atoms with Gasteiger partial charge in [0.1, 0.15) is 6.61 Å². The van der Waals surface area contributed by atoms with E-state index in [0.717, 1.165) is 0 Å². The van der Waals surface area contributed by atoms with E-state index < -0.39 is 42.5 Å². The molecule has 0 atom stereocenters. The van der Waals surface area contributed by atoms with E-state index in [0.29, 0.717) is 12.8 Å². The van der Waals surface area contributed by atoms with Crippen molar-refractivity contribution in [2.75, 3.05) is 39.6 Å². The molecule has 0 saturated heterocycles. The lowest BCUT2D eigenvalue weighted by atomic mass is 10.1. The molecule has 1 rings (SSSR count). The number of hydrogen-bond acceptors (Lipinski definition) is 5. The summed E-state index contributed by atoms with van der Waals surface area (Å²) in [5.41, 5.74) is 0. The number of ether oxygens (including phenoxy) is 3. The maximum atomic E-state index is 13.7. The van der Waals surface area contributed by atoms with Gasteiger partial charge in [0.2, 0.25) is 11.5 Å². The van der Waals surface area contributed by atoms with Gasteiger partial charge in [-0.05, 0) is 19.3 Å².